The Labute approximate surface area is 158 Å². The van der Waals surface area contributed by atoms with E-state index in [1.54, 1.807) is 18.2 Å². The number of aromatic carboxylic acids is 1. The van der Waals surface area contributed by atoms with Crippen molar-refractivity contribution in [1.29, 1.82) is 0 Å². The van der Waals surface area contributed by atoms with Crippen LogP contribution >= 0.6 is 11.6 Å². The number of hydrogen-bond donors (Lipinski definition) is 1. The summed E-state index contributed by atoms with van der Waals surface area (Å²) >= 11 is 5.77. The van der Waals surface area contributed by atoms with Crippen molar-refractivity contribution < 1.29 is 23.1 Å². The fraction of sp³-hybridized carbons (Fsp3) is 0.250. The minimum absolute atomic E-state index is 0.0416. The van der Waals surface area contributed by atoms with Crippen molar-refractivity contribution in [3.8, 4) is 0 Å². The monoisotopic (exact) mass is 393 g/mol. The summed E-state index contributed by atoms with van der Waals surface area (Å²) in [6.45, 7) is 0. The van der Waals surface area contributed by atoms with E-state index in [9.17, 15) is 23.1 Å². The highest BCUT2D eigenvalue weighted by Gasteiger charge is 2.34. The average molecular weight is 394 g/mol. The summed E-state index contributed by atoms with van der Waals surface area (Å²) in [6, 6.07) is 10.7. The minimum Gasteiger partial charge on any atom is -0.478 e. The highest BCUT2D eigenvalue weighted by Crippen LogP contribution is 2.41. The maximum atomic E-state index is 13.4. The Morgan fingerprint density at radius 3 is 2.52 bits per heavy atom. The van der Waals surface area contributed by atoms with Gasteiger partial charge in [-0.15, -0.1) is 0 Å². The van der Waals surface area contributed by atoms with Crippen LogP contribution in [0.4, 0.5) is 13.2 Å². The van der Waals surface area contributed by atoms with Crippen molar-refractivity contribution in [2.75, 3.05) is 0 Å². The van der Waals surface area contributed by atoms with Gasteiger partial charge < -0.3 is 9.67 Å². The van der Waals surface area contributed by atoms with Gasteiger partial charge in [-0.25, -0.2) is 4.79 Å². The zero-order valence-electron chi connectivity index (χ0n) is 14.1. The number of aromatic nitrogens is 1. The summed E-state index contributed by atoms with van der Waals surface area (Å²) in [6.07, 6.45) is -2.47. The van der Waals surface area contributed by atoms with Gasteiger partial charge in [0, 0.05) is 34.1 Å². The molecule has 1 aliphatic rings. The maximum absolute atomic E-state index is 13.4. The molecule has 2 aromatic carbocycles. The van der Waals surface area contributed by atoms with Crippen molar-refractivity contribution >= 4 is 28.5 Å². The summed E-state index contributed by atoms with van der Waals surface area (Å²) in [5.74, 6) is -1.03. The lowest BCUT2D eigenvalue weighted by Gasteiger charge is -2.15. The van der Waals surface area contributed by atoms with Crippen LogP contribution in [0.5, 0.6) is 0 Å². The molecule has 0 aliphatic heterocycles. The van der Waals surface area contributed by atoms with E-state index in [1.807, 2.05) is 4.57 Å². The first-order valence-electron chi connectivity index (χ1n) is 8.47. The number of carboxylic acid groups (broad SMARTS) is 1. The normalized spacial score (nSPS) is 14.7. The first kappa shape index (κ1) is 17.9. The van der Waals surface area contributed by atoms with Crippen LogP contribution in [-0.2, 0) is 12.6 Å². The van der Waals surface area contributed by atoms with E-state index in [1.165, 1.54) is 18.2 Å². The number of carboxylic acids is 1. The number of halogens is 4. The Morgan fingerprint density at radius 2 is 1.89 bits per heavy atom. The lowest BCUT2D eigenvalue weighted by Crippen LogP contribution is -2.11. The lowest BCUT2D eigenvalue weighted by molar-refractivity contribution is -0.138. The molecule has 1 saturated carbocycles. The standard InChI is InChI=1S/C20H15ClF3NO2/c21-14-3-1-11(17(10-14)20(22,23)24)8-16-9-13-7-12(19(26)27)2-6-18(13)25(16)15-4-5-15/h1-3,6-7,9-10,15H,4-5,8H2,(H,26,27). The molecule has 140 valence electrons. The van der Waals surface area contributed by atoms with Crippen LogP contribution in [0.15, 0.2) is 42.5 Å². The summed E-state index contributed by atoms with van der Waals surface area (Å²) in [7, 11) is 0. The molecular formula is C20H15ClF3NO2. The molecule has 0 atom stereocenters. The van der Waals surface area contributed by atoms with Crippen molar-refractivity contribution in [2.45, 2.75) is 31.5 Å². The highest BCUT2D eigenvalue weighted by molar-refractivity contribution is 6.30. The number of benzene rings is 2. The van der Waals surface area contributed by atoms with Gasteiger partial charge in [0.2, 0.25) is 0 Å². The molecule has 1 fully saturated rings. The number of hydrogen-bond acceptors (Lipinski definition) is 1. The van der Waals surface area contributed by atoms with Gasteiger partial charge in [0.25, 0.3) is 0 Å². The number of nitrogens with zero attached hydrogens (tertiary/aromatic N) is 1. The minimum atomic E-state index is -4.49. The molecule has 1 heterocycles. The first-order chi connectivity index (χ1) is 12.7. The summed E-state index contributed by atoms with van der Waals surface area (Å²) in [4.78, 5) is 11.2. The zero-order valence-corrected chi connectivity index (χ0v) is 14.8. The van der Waals surface area contributed by atoms with Gasteiger partial charge in [-0.1, -0.05) is 17.7 Å². The third-order valence-corrected chi connectivity index (χ3v) is 5.06. The van der Waals surface area contributed by atoms with Gasteiger partial charge in [-0.3, -0.25) is 0 Å². The second kappa shape index (κ2) is 6.30. The Balaban J connectivity index is 1.83. The van der Waals surface area contributed by atoms with Crippen LogP contribution in [-0.4, -0.2) is 15.6 Å². The van der Waals surface area contributed by atoms with E-state index in [4.69, 9.17) is 11.6 Å². The molecule has 0 bridgehead atoms. The number of fused-ring (bicyclic) bond motifs is 1. The number of alkyl halides is 3. The molecule has 0 unspecified atom stereocenters. The molecule has 1 aliphatic carbocycles. The SMILES string of the molecule is O=C(O)c1ccc2c(c1)cc(Cc1ccc(Cl)cc1C(F)(F)F)n2C1CC1. The van der Waals surface area contributed by atoms with Gasteiger partial charge in [0.05, 0.1) is 11.1 Å². The summed E-state index contributed by atoms with van der Waals surface area (Å²) < 4.78 is 42.3. The molecular weight excluding hydrogens is 379 g/mol. The second-order valence-electron chi connectivity index (χ2n) is 6.79. The van der Waals surface area contributed by atoms with Crippen molar-refractivity contribution in [2.24, 2.45) is 0 Å². The molecule has 1 N–H and O–H groups in total. The average Bonchev–Trinajstić information content (AvgIpc) is 3.36. The second-order valence-corrected chi connectivity index (χ2v) is 7.23. The molecule has 3 nitrogen and oxygen atoms in total. The largest absolute Gasteiger partial charge is 0.478 e. The fourth-order valence-electron chi connectivity index (χ4n) is 3.49. The van der Waals surface area contributed by atoms with Crippen LogP contribution in [0.1, 0.15) is 46.1 Å². The predicted molar refractivity (Wildman–Crippen MR) is 96.4 cm³/mol. The Kier molecular flexibility index (Phi) is 4.18. The Morgan fingerprint density at radius 1 is 1.15 bits per heavy atom. The Hall–Kier alpha value is -2.47. The fourth-order valence-corrected chi connectivity index (χ4v) is 3.66. The molecule has 0 amide bonds. The van der Waals surface area contributed by atoms with Crippen LogP contribution in [0.3, 0.4) is 0 Å². The van der Waals surface area contributed by atoms with E-state index < -0.39 is 17.7 Å². The van der Waals surface area contributed by atoms with Crippen LogP contribution in [0.25, 0.3) is 10.9 Å². The topological polar surface area (TPSA) is 42.2 Å². The summed E-state index contributed by atoms with van der Waals surface area (Å²) in [5.41, 5.74) is 1.15. The van der Waals surface area contributed by atoms with Gasteiger partial charge in [0.15, 0.2) is 0 Å². The van der Waals surface area contributed by atoms with Gasteiger partial charge >= 0.3 is 12.1 Å². The van der Waals surface area contributed by atoms with Crippen LogP contribution in [0, 0.1) is 0 Å². The molecule has 1 aromatic heterocycles. The third-order valence-electron chi connectivity index (χ3n) is 4.83. The van der Waals surface area contributed by atoms with Crippen LogP contribution < -0.4 is 0 Å². The number of rotatable bonds is 4. The van der Waals surface area contributed by atoms with Crippen LogP contribution in [0.2, 0.25) is 5.02 Å². The molecule has 3 aromatic rings. The third kappa shape index (κ3) is 3.41. The van der Waals surface area contributed by atoms with E-state index in [2.05, 4.69) is 0 Å². The molecule has 7 heteroatoms. The first-order valence-corrected chi connectivity index (χ1v) is 8.84. The molecule has 0 saturated heterocycles. The number of carbonyl (C=O) groups is 1. The maximum Gasteiger partial charge on any atom is 0.416 e. The van der Waals surface area contributed by atoms with E-state index in [-0.39, 0.29) is 28.6 Å². The van der Waals surface area contributed by atoms with E-state index in [0.717, 1.165) is 35.5 Å². The quantitative estimate of drug-likeness (QED) is 0.596. The van der Waals surface area contributed by atoms with Crippen molar-refractivity contribution in [3.63, 3.8) is 0 Å². The predicted octanol–water partition coefficient (Wildman–Crippen LogP) is 5.94. The summed E-state index contributed by atoms with van der Waals surface area (Å²) in [5, 5.41) is 9.95. The molecule has 27 heavy (non-hydrogen) atoms. The van der Waals surface area contributed by atoms with E-state index in [0.29, 0.717) is 0 Å². The van der Waals surface area contributed by atoms with Gasteiger partial charge in [-0.05, 0) is 54.8 Å². The molecule has 4 rings (SSSR count). The molecule has 0 spiro atoms. The van der Waals surface area contributed by atoms with E-state index >= 15 is 0 Å². The van der Waals surface area contributed by atoms with Crippen molar-refractivity contribution in [1.82, 2.24) is 4.57 Å². The highest BCUT2D eigenvalue weighted by atomic mass is 35.5. The smallest absolute Gasteiger partial charge is 0.416 e. The Bertz CT molecular complexity index is 1050. The van der Waals surface area contributed by atoms with Gasteiger partial charge in [0.1, 0.15) is 0 Å². The lowest BCUT2D eigenvalue weighted by atomic mass is 10.0. The molecule has 0 radical (unpaired) electrons. The van der Waals surface area contributed by atoms with Crippen molar-refractivity contribution in [3.05, 3.63) is 69.9 Å². The zero-order chi connectivity index (χ0) is 19.3. The van der Waals surface area contributed by atoms with Gasteiger partial charge in [-0.2, -0.15) is 13.2 Å².